The number of benzene rings is 1. The zero-order valence-corrected chi connectivity index (χ0v) is 12.9. The SMILES string of the molecule is CNC(C)(C)C(=O)Nc1c(Cl)cc(Cl)c2nsnc12. The molecule has 0 radical (unpaired) electrons. The summed E-state index contributed by atoms with van der Waals surface area (Å²) in [7, 11) is 1.71. The van der Waals surface area contributed by atoms with E-state index in [0.717, 1.165) is 11.7 Å². The van der Waals surface area contributed by atoms with Gasteiger partial charge in [-0.2, -0.15) is 8.75 Å². The van der Waals surface area contributed by atoms with E-state index in [9.17, 15) is 4.79 Å². The molecule has 0 aliphatic heterocycles. The molecule has 102 valence electrons. The maximum absolute atomic E-state index is 12.2. The molecule has 1 heterocycles. The van der Waals surface area contributed by atoms with E-state index >= 15 is 0 Å². The van der Waals surface area contributed by atoms with E-state index in [4.69, 9.17) is 23.2 Å². The summed E-state index contributed by atoms with van der Waals surface area (Å²) in [6.07, 6.45) is 0. The van der Waals surface area contributed by atoms with E-state index in [1.807, 2.05) is 0 Å². The molecule has 0 fully saturated rings. The van der Waals surface area contributed by atoms with Crippen LogP contribution in [0.5, 0.6) is 0 Å². The van der Waals surface area contributed by atoms with Crippen LogP contribution in [0.25, 0.3) is 11.0 Å². The molecule has 1 aromatic heterocycles. The van der Waals surface area contributed by atoms with Gasteiger partial charge in [-0.05, 0) is 27.0 Å². The first-order valence-corrected chi connectivity index (χ1v) is 6.96. The number of fused-ring (bicyclic) bond motifs is 1. The Labute approximate surface area is 124 Å². The molecule has 2 aromatic rings. The maximum Gasteiger partial charge on any atom is 0.244 e. The highest BCUT2D eigenvalue weighted by Crippen LogP contribution is 2.35. The molecule has 8 heteroatoms. The minimum atomic E-state index is -0.723. The molecule has 0 saturated heterocycles. The summed E-state index contributed by atoms with van der Waals surface area (Å²) >= 11 is 13.2. The van der Waals surface area contributed by atoms with E-state index < -0.39 is 5.54 Å². The first-order valence-electron chi connectivity index (χ1n) is 5.47. The summed E-state index contributed by atoms with van der Waals surface area (Å²) in [5, 5.41) is 6.44. The van der Waals surface area contributed by atoms with Crippen LogP contribution < -0.4 is 10.6 Å². The molecule has 2 rings (SSSR count). The third kappa shape index (κ3) is 2.67. The van der Waals surface area contributed by atoms with Crippen molar-refractivity contribution in [1.82, 2.24) is 14.1 Å². The van der Waals surface area contributed by atoms with Crippen molar-refractivity contribution in [2.24, 2.45) is 0 Å². The smallest absolute Gasteiger partial charge is 0.244 e. The van der Waals surface area contributed by atoms with Crippen LogP contribution in [0, 0.1) is 0 Å². The Kier molecular flexibility index (Phi) is 3.96. The molecule has 0 bridgehead atoms. The van der Waals surface area contributed by atoms with Crippen LogP contribution in [0.2, 0.25) is 10.0 Å². The van der Waals surface area contributed by atoms with Crippen LogP contribution in [0.4, 0.5) is 5.69 Å². The van der Waals surface area contributed by atoms with Gasteiger partial charge in [0, 0.05) is 0 Å². The monoisotopic (exact) mass is 318 g/mol. The van der Waals surface area contributed by atoms with Crippen molar-refractivity contribution in [2.45, 2.75) is 19.4 Å². The van der Waals surface area contributed by atoms with E-state index in [0.29, 0.717) is 26.8 Å². The largest absolute Gasteiger partial charge is 0.321 e. The van der Waals surface area contributed by atoms with Gasteiger partial charge in [-0.25, -0.2) is 0 Å². The van der Waals surface area contributed by atoms with Crippen LogP contribution in [-0.4, -0.2) is 27.2 Å². The topological polar surface area (TPSA) is 66.9 Å². The first kappa shape index (κ1) is 14.5. The molecular weight excluding hydrogens is 307 g/mol. The van der Waals surface area contributed by atoms with Crippen LogP contribution in [0.3, 0.4) is 0 Å². The number of likely N-dealkylation sites (N-methyl/N-ethyl adjacent to an activating group) is 1. The third-order valence-electron chi connectivity index (χ3n) is 2.88. The molecule has 0 saturated carbocycles. The van der Waals surface area contributed by atoms with E-state index in [1.165, 1.54) is 0 Å². The van der Waals surface area contributed by atoms with Crippen molar-refractivity contribution in [3.8, 4) is 0 Å². The Morgan fingerprint density at radius 1 is 1.26 bits per heavy atom. The lowest BCUT2D eigenvalue weighted by Gasteiger charge is -2.23. The molecule has 2 N–H and O–H groups in total. The van der Waals surface area contributed by atoms with Gasteiger partial charge in [-0.3, -0.25) is 4.79 Å². The number of halogens is 2. The lowest BCUT2D eigenvalue weighted by atomic mass is 10.0. The molecule has 0 spiro atoms. The average molecular weight is 319 g/mol. The number of nitrogens with zero attached hydrogens (tertiary/aromatic N) is 2. The van der Waals surface area contributed by atoms with Gasteiger partial charge in [0.2, 0.25) is 5.91 Å². The average Bonchev–Trinajstić information content (AvgIpc) is 2.83. The lowest BCUT2D eigenvalue weighted by Crippen LogP contribution is -2.47. The Hall–Kier alpha value is -0.950. The lowest BCUT2D eigenvalue weighted by molar-refractivity contribution is -0.121. The predicted octanol–water partition coefficient (Wildman–Crippen LogP) is 2.93. The number of rotatable bonds is 3. The number of amides is 1. The van der Waals surface area contributed by atoms with Gasteiger partial charge in [0.05, 0.1) is 33.0 Å². The fourth-order valence-corrected chi connectivity index (χ4v) is 2.54. The fraction of sp³-hybridized carbons (Fsp3) is 0.364. The number of carbonyl (C=O) groups excluding carboxylic acids is 1. The summed E-state index contributed by atoms with van der Waals surface area (Å²) in [4.78, 5) is 12.2. The molecule has 0 aliphatic rings. The second-order valence-corrected chi connectivity index (χ2v) is 5.85. The molecular formula is C11H12Cl2N4OS. The third-order valence-corrected chi connectivity index (χ3v) is 3.99. The van der Waals surface area contributed by atoms with Crippen LogP contribution in [-0.2, 0) is 4.79 Å². The maximum atomic E-state index is 12.2. The Bertz CT molecular complexity index is 641. The number of carbonyl (C=O) groups is 1. The van der Waals surface area contributed by atoms with Crippen LogP contribution in [0.15, 0.2) is 6.07 Å². The summed E-state index contributed by atoms with van der Waals surface area (Å²) in [5.74, 6) is -0.214. The number of nitrogens with one attached hydrogen (secondary N) is 2. The van der Waals surface area contributed by atoms with Gasteiger partial charge in [-0.1, -0.05) is 23.2 Å². The minimum absolute atomic E-state index is 0.214. The van der Waals surface area contributed by atoms with Crippen molar-refractivity contribution < 1.29 is 4.79 Å². The summed E-state index contributed by atoms with van der Waals surface area (Å²) in [5.41, 5.74) is 0.748. The van der Waals surface area contributed by atoms with Gasteiger partial charge < -0.3 is 10.6 Å². The number of hydrogen-bond acceptors (Lipinski definition) is 5. The Balaban J connectivity index is 2.46. The fourth-order valence-electron chi connectivity index (χ4n) is 1.38. The minimum Gasteiger partial charge on any atom is -0.321 e. The van der Waals surface area contributed by atoms with E-state index in [2.05, 4.69) is 19.4 Å². The summed E-state index contributed by atoms with van der Waals surface area (Å²) < 4.78 is 8.21. The molecule has 0 aliphatic carbocycles. The van der Waals surface area contributed by atoms with Gasteiger partial charge >= 0.3 is 0 Å². The van der Waals surface area contributed by atoms with Crippen molar-refractivity contribution >= 4 is 57.6 Å². The standard InChI is InChI=1S/C11H12Cl2N4OS/c1-11(2,14-3)10(18)15-7-5(12)4-6(13)8-9(7)17-19-16-8/h4,14H,1-3H3,(H,15,18). The second-order valence-electron chi connectivity index (χ2n) is 4.51. The normalized spacial score (nSPS) is 11.8. The van der Waals surface area contributed by atoms with Crippen molar-refractivity contribution in [1.29, 1.82) is 0 Å². The zero-order valence-electron chi connectivity index (χ0n) is 10.5. The molecule has 0 atom stereocenters. The highest BCUT2D eigenvalue weighted by Gasteiger charge is 2.27. The predicted molar refractivity (Wildman–Crippen MR) is 79.2 cm³/mol. The van der Waals surface area contributed by atoms with Crippen LogP contribution in [0.1, 0.15) is 13.8 Å². The van der Waals surface area contributed by atoms with Crippen molar-refractivity contribution in [2.75, 3.05) is 12.4 Å². The number of hydrogen-bond donors (Lipinski definition) is 2. The molecule has 1 amide bonds. The zero-order chi connectivity index (χ0) is 14.2. The molecule has 19 heavy (non-hydrogen) atoms. The highest BCUT2D eigenvalue weighted by molar-refractivity contribution is 7.00. The Morgan fingerprint density at radius 3 is 2.53 bits per heavy atom. The van der Waals surface area contributed by atoms with Gasteiger partial charge in [0.25, 0.3) is 0 Å². The number of anilines is 1. The molecule has 1 aromatic carbocycles. The molecule has 5 nitrogen and oxygen atoms in total. The van der Waals surface area contributed by atoms with E-state index in [-0.39, 0.29) is 5.91 Å². The van der Waals surface area contributed by atoms with Gasteiger partial charge in [0.1, 0.15) is 11.0 Å². The highest BCUT2D eigenvalue weighted by atomic mass is 35.5. The molecule has 0 unspecified atom stereocenters. The van der Waals surface area contributed by atoms with Crippen molar-refractivity contribution in [3.05, 3.63) is 16.1 Å². The quantitative estimate of drug-likeness (QED) is 0.913. The summed E-state index contributed by atoms with van der Waals surface area (Å²) in [6.45, 7) is 3.53. The van der Waals surface area contributed by atoms with Crippen LogP contribution >= 0.6 is 34.9 Å². The van der Waals surface area contributed by atoms with Gasteiger partial charge in [-0.15, -0.1) is 0 Å². The second kappa shape index (κ2) is 5.20. The first-order chi connectivity index (χ1) is 8.86. The summed E-state index contributed by atoms with van der Waals surface area (Å²) in [6, 6.07) is 1.55. The van der Waals surface area contributed by atoms with Crippen molar-refractivity contribution in [3.63, 3.8) is 0 Å². The Morgan fingerprint density at radius 2 is 1.89 bits per heavy atom. The number of aromatic nitrogens is 2. The van der Waals surface area contributed by atoms with E-state index in [1.54, 1.807) is 27.0 Å². The van der Waals surface area contributed by atoms with Gasteiger partial charge in [0.15, 0.2) is 0 Å².